The fourth-order valence-electron chi connectivity index (χ4n) is 11.4. The summed E-state index contributed by atoms with van der Waals surface area (Å²) in [7, 11) is -0.0870. The van der Waals surface area contributed by atoms with E-state index in [9.17, 15) is 0 Å². The van der Waals surface area contributed by atoms with Gasteiger partial charge in [-0.1, -0.05) is 144 Å². The molecule has 4 nitrogen and oxygen atoms in total. The Morgan fingerprint density at radius 3 is 0.803 bits per heavy atom. The normalized spacial score (nSPS) is 11.8. The summed E-state index contributed by atoms with van der Waals surface area (Å²) in [5, 5.41) is 0. The van der Waals surface area contributed by atoms with Gasteiger partial charge < -0.3 is 9.97 Å². The Bertz CT molecular complexity index is 3110. The van der Waals surface area contributed by atoms with E-state index in [0.29, 0.717) is 0 Å². The van der Waals surface area contributed by atoms with Crippen LogP contribution in [0.3, 0.4) is 0 Å². The SMILES string of the molecule is C[Si](C)Cc1ccccc1.Cc1cc(C)c(-c2c3nc(c(-c4c(C)cc(C)cc4C)c4ccc([n-]4)c(-c4c(C)cc(C)cc4C)c4nc(c(-c5c(C)cc(C)cc5C)c5ccc2[n-]5)C=C4)C=C3)c(C)c1.[Rh+2]. The summed E-state index contributed by atoms with van der Waals surface area (Å²) in [4.78, 5) is 22.4. The molecule has 2 aliphatic heterocycles. The molecule has 0 fully saturated rings. The maximum Gasteiger partial charge on any atom is 2.00 e. The molecule has 3 aromatic heterocycles. The standard InChI is InChI=1S/C56H52N4.C9H13Si.Rh/c1-29-21-33(5)49(34(6)22-29)53-41-13-15-43(57-41)54(50-35(7)23-30(2)24-36(50)8)45-17-19-47(59-45)56(52-39(11)27-32(4)28-40(52)12)48-20-18-46(60-48)55(44-16-14-42(53)58-44)51-37(9)25-31(3)26-38(51)10;1-10(2)8-9-6-4-3-5-7-9;/h13-28H,1-12H3;3-7H,8H2,1-2H3;/q-2;;+2. The number of hydrogen-bond acceptors (Lipinski definition) is 2. The molecule has 0 aliphatic carbocycles. The van der Waals surface area contributed by atoms with E-state index >= 15 is 0 Å². The van der Waals surface area contributed by atoms with Crippen LogP contribution in [0.15, 0.2) is 103 Å². The summed E-state index contributed by atoms with van der Waals surface area (Å²) >= 11 is 0. The first kappa shape index (κ1) is 50.9. The Kier molecular flexibility index (Phi) is 14.9. The number of benzene rings is 5. The number of nitrogens with zero attached hydrogens (tertiary/aromatic N) is 4. The smallest absolute Gasteiger partial charge is 0.657 e. The fraction of sp³-hybridized carbons (Fsp3) is 0.231. The molecule has 8 aromatic rings. The average Bonchev–Trinajstić information content (AvgIpc) is 4.12. The minimum absolute atomic E-state index is 0. The van der Waals surface area contributed by atoms with Crippen molar-refractivity contribution in [2.24, 2.45) is 0 Å². The molecule has 0 amide bonds. The van der Waals surface area contributed by atoms with Crippen molar-refractivity contribution >= 4 is 55.2 Å². The molecule has 0 spiro atoms. The van der Waals surface area contributed by atoms with Crippen molar-refractivity contribution in [3.8, 4) is 44.5 Å². The van der Waals surface area contributed by atoms with Gasteiger partial charge in [-0.25, -0.2) is 9.97 Å². The van der Waals surface area contributed by atoms with Crippen LogP contribution >= 0.6 is 0 Å². The van der Waals surface area contributed by atoms with E-state index in [1.165, 1.54) is 78.4 Å². The van der Waals surface area contributed by atoms with Crippen LogP contribution in [0.25, 0.3) is 90.9 Å². The molecule has 2 radical (unpaired) electrons. The summed E-state index contributed by atoms with van der Waals surface area (Å²) in [6.45, 7) is 31.0. The summed E-state index contributed by atoms with van der Waals surface area (Å²) in [5.41, 5.74) is 31.9. The molecule has 358 valence electrons. The average molecular weight is 1030 g/mol. The second kappa shape index (κ2) is 20.7. The van der Waals surface area contributed by atoms with Crippen molar-refractivity contribution in [1.29, 1.82) is 0 Å². The quantitative estimate of drug-likeness (QED) is 0.156. The molecular weight excluding hydrogens is 968 g/mol. The monoisotopic (exact) mass is 1030 g/mol. The maximum absolute atomic E-state index is 5.59. The van der Waals surface area contributed by atoms with E-state index < -0.39 is 0 Å². The summed E-state index contributed by atoms with van der Waals surface area (Å²) in [6.07, 6.45) is 8.72. The van der Waals surface area contributed by atoms with Crippen molar-refractivity contribution in [2.75, 3.05) is 0 Å². The molecule has 0 unspecified atom stereocenters. The van der Waals surface area contributed by atoms with Gasteiger partial charge in [-0.3, -0.25) is 0 Å². The topological polar surface area (TPSA) is 54.0 Å². The molecule has 2 aliphatic rings. The van der Waals surface area contributed by atoms with Gasteiger partial charge in [0.25, 0.3) is 0 Å². The molecule has 6 heteroatoms. The van der Waals surface area contributed by atoms with Crippen molar-refractivity contribution in [3.05, 3.63) is 198 Å². The third-order valence-electron chi connectivity index (χ3n) is 13.7. The van der Waals surface area contributed by atoms with Gasteiger partial charge in [-0.2, -0.15) is 0 Å². The zero-order valence-corrected chi connectivity index (χ0v) is 46.6. The third kappa shape index (κ3) is 10.2. The first-order valence-corrected chi connectivity index (χ1v) is 27.4. The van der Waals surface area contributed by atoms with E-state index in [0.717, 1.165) is 89.4 Å². The van der Waals surface area contributed by atoms with Gasteiger partial charge >= 0.3 is 19.5 Å². The van der Waals surface area contributed by atoms with E-state index in [2.05, 4.69) is 224 Å². The molecule has 0 atom stereocenters. The van der Waals surface area contributed by atoms with E-state index in [4.69, 9.17) is 19.9 Å². The predicted octanol–water partition coefficient (Wildman–Crippen LogP) is 16.8. The second-order valence-electron chi connectivity index (χ2n) is 20.3. The second-order valence-corrected chi connectivity index (χ2v) is 23.1. The Morgan fingerprint density at radius 1 is 0.338 bits per heavy atom. The third-order valence-corrected chi connectivity index (χ3v) is 14.8. The molecule has 5 heterocycles. The van der Waals surface area contributed by atoms with Crippen LogP contribution in [0, 0.1) is 83.1 Å². The Balaban J connectivity index is 0.000000550. The van der Waals surface area contributed by atoms with Crippen molar-refractivity contribution < 1.29 is 19.5 Å². The van der Waals surface area contributed by atoms with Crippen LogP contribution in [-0.4, -0.2) is 18.8 Å². The van der Waals surface area contributed by atoms with E-state index in [1.54, 1.807) is 0 Å². The zero-order valence-electron chi connectivity index (χ0n) is 44.0. The molecule has 8 bridgehead atoms. The van der Waals surface area contributed by atoms with Gasteiger partial charge in [0, 0.05) is 8.80 Å². The number of aryl methyl sites for hydroxylation is 12. The van der Waals surface area contributed by atoms with Crippen molar-refractivity contribution in [3.63, 3.8) is 0 Å². The number of rotatable bonds is 6. The van der Waals surface area contributed by atoms with Crippen molar-refractivity contribution in [1.82, 2.24) is 19.9 Å². The Hall–Kier alpha value is -6.46. The molecule has 5 aromatic carbocycles. The zero-order chi connectivity index (χ0) is 49.7. The molecule has 0 saturated carbocycles. The number of fused-ring (bicyclic) bond motifs is 8. The van der Waals surface area contributed by atoms with Crippen LogP contribution in [0.1, 0.15) is 95.1 Å². The van der Waals surface area contributed by atoms with E-state index in [-0.39, 0.29) is 28.3 Å². The van der Waals surface area contributed by atoms with Gasteiger partial charge in [-0.15, -0.1) is 22.1 Å². The summed E-state index contributed by atoms with van der Waals surface area (Å²) in [6, 6.07) is 38.9. The molecule has 0 saturated heterocycles. The van der Waals surface area contributed by atoms with Gasteiger partial charge in [0.2, 0.25) is 0 Å². The predicted molar refractivity (Wildman–Crippen MR) is 303 cm³/mol. The largest absolute Gasteiger partial charge is 2.00 e. The first-order valence-electron chi connectivity index (χ1n) is 24.7. The Labute approximate surface area is 436 Å². The van der Waals surface area contributed by atoms with Crippen LogP contribution < -0.4 is 9.97 Å². The first-order chi connectivity index (χ1) is 33.4. The minimum Gasteiger partial charge on any atom is -0.657 e. The van der Waals surface area contributed by atoms with Gasteiger partial charge in [0.1, 0.15) is 0 Å². The molecule has 10 rings (SSSR count). The van der Waals surface area contributed by atoms with Crippen LogP contribution in [0.5, 0.6) is 0 Å². The molecular formula is C65H65N4RhSi. The maximum atomic E-state index is 5.59. The number of aromatic nitrogens is 4. The van der Waals surface area contributed by atoms with Crippen molar-refractivity contribution in [2.45, 2.75) is 102 Å². The van der Waals surface area contributed by atoms with E-state index in [1.807, 2.05) is 0 Å². The van der Waals surface area contributed by atoms with Gasteiger partial charge in [0.05, 0.1) is 22.8 Å². The van der Waals surface area contributed by atoms with Gasteiger partial charge in [-0.05, 0) is 202 Å². The van der Waals surface area contributed by atoms with Crippen LogP contribution in [0.2, 0.25) is 13.1 Å². The van der Waals surface area contributed by atoms with Crippen LogP contribution in [-0.2, 0) is 25.5 Å². The van der Waals surface area contributed by atoms with Gasteiger partial charge in [0.15, 0.2) is 0 Å². The number of hydrogen-bond donors (Lipinski definition) is 0. The Morgan fingerprint density at radius 2 is 0.577 bits per heavy atom. The summed E-state index contributed by atoms with van der Waals surface area (Å²) < 4.78 is 0. The van der Waals surface area contributed by atoms with Crippen LogP contribution in [0.4, 0.5) is 0 Å². The summed E-state index contributed by atoms with van der Waals surface area (Å²) in [5.74, 6) is 0. The minimum atomic E-state index is -0.0870. The fourth-order valence-corrected chi connectivity index (χ4v) is 12.5. The molecule has 0 N–H and O–H groups in total. The molecule has 71 heavy (non-hydrogen) atoms.